The van der Waals surface area contributed by atoms with Crippen molar-refractivity contribution in [3.8, 4) is 0 Å². The van der Waals surface area contributed by atoms with Crippen LogP contribution < -0.4 is 5.32 Å². The average Bonchev–Trinajstić information content (AvgIpc) is 2.66. The average molecular weight is 279 g/mol. The summed E-state index contributed by atoms with van der Waals surface area (Å²) in [4.78, 5) is 27.8. The van der Waals surface area contributed by atoms with Gasteiger partial charge in [0, 0.05) is 25.2 Å². The summed E-state index contributed by atoms with van der Waals surface area (Å²) in [6.07, 6.45) is 6.21. The van der Waals surface area contributed by atoms with Gasteiger partial charge in [0.25, 0.3) is 0 Å². The molecule has 0 aromatic heterocycles. The summed E-state index contributed by atoms with van der Waals surface area (Å²) in [6, 6.07) is 1.33. The molecule has 3 heterocycles. The van der Waals surface area contributed by atoms with Gasteiger partial charge in [-0.15, -0.1) is 0 Å². The Balaban J connectivity index is 1.77. The Morgan fingerprint density at radius 3 is 2.35 bits per heavy atom. The zero-order valence-corrected chi connectivity index (χ0v) is 12.5. The third kappa shape index (κ3) is 2.27. The minimum absolute atomic E-state index is 0.00815. The van der Waals surface area contributed by atoms with E-state index in [0.717, 1.165) is 19.4 Å². The number of nitrogens with one attached hydrogen (secondary N) is 1. The van der Waals surface area contributed by atoms with E-state index in [9.17, 15) is 9.59 Å². The highest BCUT2D eigenvalue weighted by Crippen LogP contribution is 2.37. The van der Waals surface area contributed by atoms with E-state index in [-0.39, 0.29) is 17.9 Å². The number of imide groups is 1. The lowest BCUT2D eigenvalue weighted by Crippen LogP contribution is -2.60. The summed E-state index contributed by atoms with van der Waals surface area (Å²) in [7, 11) is 1.62. The maximum Gasteiger partial charge on any atom is 0.246 e. The largest absolute Gasteiger partial charge is 0.314 e. The van der Waals surface area contributed by atoms with Crippen molar-refractivity contribution in [2.24, 2.45) is 0 Å². The van der Waals surface area contributed by atoms with E-state index in [1.54, 1.807) is 7.05 Å². The van der Waals surface area contributed by atoms with Crippen molar-refractivity contribution in [3.63, 3.8) is 0 Å². The van der Waals surface area contributed by atoms with Crippen molar-refractivity contribution in [3.05, 3.63) is 0 Å². The Hall–Kier alpha value is -0.940. The summed E-state index contributed by atoms with van der Waals surface area (Å²) in [5.74, 6) is -0.0133. The maximum atomic E-state index is 12.3. The highest BCUT2D eigenvalue weighted by atomic mass is 16.2. The first kappa shape index (κ1) is 14.0. The number of hydrogen-bond donors (Lipinski definition) is 1. The second-order valence-electron chi connectivity index (χ2n) is 6.42. The van der Waals surface area contributed by atoms with Crippen LogP contribution in [0.3, 0.4) is 0 Å². The molecule has 3 fully saturated rings. The molecule has 0 radical (unpaired) electrons. The van der Waals surface area contributed by atoms with Crippen LogP contribution in [0.5, 0.6) is 0 Å². The van der Waals surface area contributed by atoms with Gasteiger partial charge < -0.3 is 5.32 Å². The fraction of sp³-hybridized carbons (Fsp3) is 0.867. The number of fused-ring (bicyclic) bond motifs is 2. The Labute approximate surface area is 120 Å². The normalized spacial score (nSPS) is 38.6. The molecule has 3 aliphatic rings. The van der Waals surface area contributed by atoms with Gasteiger partial charge in [-0.3, -0.25) is 19.4 Å². The number of likely N-dealkylation sites (N-methyl/N-ethyl adjacent to an activating group) is 1. The topological polar surface area (TPSA) is 52.7 Å². The molecule has 3 rings (SSSR count). The van der Waals surface area contributed by atoms with Gasteiger partial charge in [0.2, 0.25) is 11.8 Å². The predicted molar refractivity (Wildman–Crippen MR) is 76.1 cm³/mol. The third-order valence-electron chi connectivity index (χ3n) is 5.24. The minimum Gasteiger partial charge on any atom is -0.314 e. The summed E-state index contributed by atoms with van der Waals surface area (Å²) >= 11 is 0. The van der Waals surface area contributed by atoms with E-state index >= 15 is 0 Å². The number of rotatable bonds is 3. The molecule has 0 saturated carbocycles. The Kier molecular flexibility index (Phi) is 3.82. The van der Waals surface area contributed by atoms with Crippen LogP contribution in [0.4, 0.5) is 0 Å². The second-order valence-corrected chi connectivity index (χ2v) is 6.42. The molecule has 3 aliphatic heterocycles. The van der Waals surface area contributed by atoms with Crippen molar-refractivity contribution in [1.29, 1.82) is 0 Å². The molecule has 20 heavy (non-hydrogen) atoms. The number of amides is 2. The van der Waals surface area contributed by atoms with Crippen LogP contribution >= 0.6 is 0 Å². The zero-order valence-electron chi connectivity index (χ0n) is 12.5. The molecule has 3 atom stereocenters. The molecule has 5 heteroatoms. The summed E-state index contributed by atoms with van der Waals surface area (Å²) in [6.45, 7) is 3.16. The highest BCUT2D eigenvalue weighted by Gasteiger charge is 2.48. The van der Waals surface area contributed by atoms with E-state index in [4.69, 9.17) is 0 Å². The van der Waals surface area contributed by atoms with Gasteiger partial charge in [0.1, 0.15) is 0 Å². The van der Waals surface area contributed by atoms with Crippen molar-refractivity contribution >= 4 is 11.8 Å². The first-order valence-electron chi connectivity index (χ1n) is 7.93. The minimum atomic E-state index is -0.189. The van der Waals surface area contributed by atoms with Crippen LogP contribution in [0.1, 0.15) is 45.4 Å². The van der Waals surface area contributed by atoms with Crippen LogP contribution in [0.15, 0.2) is 0 Å². The van der Waals surface area contributed by atoms with Crippen LogP contribution in [0, 0.1) is 0 Å². The lowest BCUT2D eigenvalue weighted by molar-refractivity contribution is -0.139. The molecule has 2 amide bonds. The van der Waals surface area contributed by atoms with Gasteiger partial charge in [0.15, 0.2) is 0 Å². The van der Waals surface area contributed by atoms with E-state index in [0.29, 0.717) is 24.5 Å². The van der Waals surface area contributed by atoms with Gasteiger partial charge in [-0.2, -0.15) is 0 Å². The van der Waals surface area contributed by atoms with Crippen LogP contribution in [0.25, 0.3) is 0 Å². The number of carbonyl (C=O) groups excluding carboxylic acids is 2. The van der Waals surface area contributed by atoms with Crippen molar-refractivity contribution in [2.75, 3.05) is 13.6 Å². The molecule has 1 N–H and O–H groups in total. The van der Waals surface area contributed by atoms with E-state index in [2.05, 4.69) is 17.1 Å². The molecule has 0 spiro atoms. The molecule has 0 aromatic carbocycles. The molecule has 0 aliphatic carbocycles. The fourth-order valence-corrected chi connectivity index (χ4v) is 4.35. The number of hydrogen-bond acceptors (Lipinski definition) is 4. The molecule has 112 valence electrons. The van der Waals surface area contributed by atoms with Gasteiger partial charge in [-0.1, -0.05) is 13.3 Å². The molecule has 3 unspecified atom stereocenters. The predicted octanol–water partition coefficient (Wildman–Crippen LogP) is 0.739. The van der Waals surface area contributed by atoms with E-state index in [1.165, 1.54) is 24.2 Å². The monoisotopic (exact) mass is 279 g/mol. The molecule has 5 nitrogen and oxygen atoms in total. The zero-order chi connectivity index (χ0) is 14.3. The van der Waals surface area contributed by atoms with Gasteiger partial charge in [-0.05, 0) is 32.2 Å². The van der Waals surface area contributed by atoms with Crippen LogP contribution in [0.2, 0.25) is 0 Å². The number of carbonyl (C=O) groups is 2. The molecular formula is C15H25N3O2. The fourth-order valence-electron chi connectivity index (χ4n) is 4.35. The second kappa shape index (κ2) is 5.45. The van der Waals surface area contributed by atoms with Gasteiger partial charge >= 0.3 is 0 Å². The lowest BCUT2D eigenvalue weighted by atomic mass is 9.80. The molecule has 0 aromatic rings. The van der Waals surface area contributed by atoms with Crippen molar-refractivity contribution in [2.45, 2.75) is 69.6 Å². The molecular weight excluding hydrogens is 254 g/mol. The van der Waals surface area contributed by atoms with Crippen LogP contribution in [-0.2, 0) is 9.59 Å². The smallest absolute Gasteiger partial charge is 0.246 e. The highest BCUT2D eigenvalue weighted by molar-refractivity contribution is 6.05. The first-order valence-corrected chi connectivity index (χ1v) is 7.93. The number of piperidine rings is 2. The Bertz CT molecular complexity index is 398. The van der Waals surface area contributed by atoms with Gasteiger partial charge in [0.05, 0.1) is 12.5 Å². The van der Waals surface area contributed by atoms with Gasteiger partial charge in [-0.25, -0.2) is 0 Å². The quantitative estimate of drug-likeness (QED) is 0.774. The maximum absolute atomic E-state index is 12.3. The summed E-state index contributed by atoms with van der Waals surface area (Å²) in [5, 5.41) is 3.56. The Morgan fingerprint density at radius 2 is 1.85 bits per heavy atom. The number of nitrogens with zero attached hydrogens (tertiary/aromatic N) is 2. The van der Waals surface area contributed by atoms with E-state index < -0.39 is 0 Å². The SMILES string of the molecule is CCNC1CC2CCCC(C1)N2C1CC(=O)N(C)C1=O. The lowest BCUT2D eigenvalue weighted by Gasteiger charge is -2.51. The van der Waals surface area contributed by atoms with Crippen molar-refractivity contribution in [1.82, 2.24) is 15.1 Å². The van der Waals surface area contributed by atoms with Crippen LogP contribution in [-0.4, -0.2) is 59.4 Å². The molecule has 3 saturated heterocycles. The standard InChI is InChI=1S/C15H25N3O2/c1-3-16-10-7-11-5-4-6-12(8-10)18(11)13-9-14(19)17(2)15(13)20/h10-13,16H,3-9H2,1-2H3. The Morgan fingerprint density at radius 1 is 1.20 bits per heavy atom. The molecule has 2 bridgehead atoms. The first-order chi connectivity index (χ1) is 9.61. The third-order valence-corrected chi connectivity index (χ3v) is 5.24. The van der Waals surface area contributed by atoms with E-state index in [1.807, 2.05) is 0 Å². The summed E-state index contributed by atoms with van der Waals surface area (Å²) in [5.41, 5.74) is 0. The number of likely N-dealkylation sites (tertiary alicyclic amines) is 1. The van der Waals surface area contributed by atoms with Crippen molar-refractivity contribution < 1.29 is 9.59 Å². The summed E-state index contributed by atoms with van der Waals surface area (Å²) < 4.78 is 0.